The molecule has 2 aromatic heterocycles. The summed E-state index contributed by atoms with van der Waals surface area (Å²) >= 11 is 1.61. The van der Waals surface area contributed by atoms with E-state index in [1.807, 2.05) is 28.4 Å². The first kappa shape index (κ1) is 12.0. The van der Waals surface area contributed by atoms with Gasteiger partial charge in [-0.3, -0.25) is 9.48 Å². The fraction of sp³-hybridized carbons (Fsp3) is 0.385. The molecule has 4 heteroatoms. The van der Waals surface area contributed by atoms with E-state index in [1.54, 1.807) is 11.3 Å². The minimum atomic E-state index is 0.643. The Morgan fingerprint density at radius 1 is 1.53 bits per heavy atom. The van der Waals surface area contributed by atoms with Crippen LogP contribution in [0.1, 0.15) is 30.6 Å². The molecule has 0 spiro atoms. The molecule has 0 atom stereocenters. The molecule has 0 N–H and O–H groups in total. The van der Waals surface area contributed by atoms with Gasteiger partial charge < -0.3 is 0 Å². The number of thiophene rings is 1. The number of aromatic nitrogens is 2. The smallest absolute Gasteiger partial charge is 0.153 e. The number of nitrogens with zero attached hydrogens (tertiary/aromatic N) is 2. The van der Waals surface area contributed by atoms with E-state index in [9.17, 15) is 4.79 Å². The number of hydrogen-bond acceptors (Lipinski definition) is 3. The van der Waals surface area contributed by atoms with Gasteiger partial charge >= 0.3 is 0 Å². The third kappa shape index (κ3) is 2.82. The molecule has 0 aliphatic carbocycles. The standard InChI is InChI=1S/C13H16N2OS/c1-10(2)5-6-15-8-11(9-16)13(14-15)12-4-3-7-17-12/h3-4,7-10H,5-6H2,1-2H3. The first-order valence-electron chi connectivity index (χ1n) is 5.77. The van der Waals surface area contributed by atoms with Gasteiger partial charge in [-0.25, -0.2) is 0 Å². The molecule has 3 nitrogen and oxygen atoms in total. The second-order valence-corrected chi connectivity index (χ2v) is 5.42. The molecule has 0 fully saturated rings. The number of carbonyl (C=O) groups excluding carboxylic acids is 1. The lowest BCUT2D eigenvalue weighted by atomic mass is 10.1. The average molecular weight is 248 g/mol. The number of hydrogen-bond donors (Lipinski definition) is 0. The van der Waals surface area contributed by atoms with Gasteiger partial charge in [-0.1, -0.05) is 19.9 Å². The minimum absolute atomic E-state index is 0.643. The van der Waals surface area contributed by atoms with Gasteiger partial charge in [-0.2, -0.15) is 5.10 Å². The van der Waals surface area contributed by atoms with Gasteiger partial charge in [-0.15, -0.1) is 11.3 Å². The zero-order valence-corrected chi connectivity index (χ0v) is 10.9. The van der Waals surface area contributed by atoms with Crippen molar-refractivity contribution in [1.29, 1.82) is 0 Å². The van der Waals surface area contributed by atoms with Gasteiger partial charge in [0.1, 0.15) is 5.69 Å². The van der Waals surface area contributed by atoms with Crippen LogP contribution < -0.4 is 0 Å². The van der Waals surface area contributed by atoms with Crippen molar-refractivity contribution < 1.29 is 4.79 Å². The Kier molecular flexibility index (Phi) is 3.74. The molecule has 0 bridgehead atoms. The highest BCUT2D eigenvalue weighted by atomic mass is 32.1. The van der Waals surface area contributed by atoms with Gasteiger partial charge in [-0.05, 0) is 23.8 Å². The molecule has 0 aliphatic rings. The van der Waals surface area contributed by atoms with Crippen LogP contribution in [0.3, 0.4) is 0 Å². The maximum absolute atomic E-state index is 11.0. The lowest BCUT2D eigenvalue weighted by molar-refractivity contribution is 0.112. The lowest BCUT2D eigenvalue weighted by Gasteiger charge is -2.03. The molecule has 0 radical (unpaired) electrons. The van der Waals surface area contributed by atoms with Crippen molar-refractivity contribution in [2.75, 3.05) is 0 Å². The second kappa shape index (κ2) is 5.27. The molecule has 0 saturated heterocycles. The fourth-order valence-electron chi connectivity index (χ4n) is 1.63. The van der Waals surface area contributed by atoms with Crippen LogP contribution in [0.5, 0.6) is 0 Å². The van der Waals surface area contributed by atoms with Gasteiger partial charge in [0, 0.05) is 12.7 Å². The van der Waals surface area contributed by atoms with Crippen molar-refractivity contribution in [1.82, 2.24) is 9.78 Å². The Balaban J connectivity index is 2.24. The summed E-state index contributed by atoms with van der Waals surface area (Å²) in [6.45, 7) is 5.23. The van der Waals surface area contributed by atoms with Crippen LogP contribution in [0.2, 0.25) is 0 Å². The minimum Gasteiger partial charge on any atom is -0.298 e. The number of aldehydes is 1. The Hall–Kier alpha value is -1.42. The number of aryl methyl sites for hydroxylation is 1. The average Bonchev–Trinajstić information content (AvgIpc) is 2.94. The fourth-order valence-corrected chi connectivity index (χ4v) is 2.36. The molecule has 0 aliphatic heterocycles. The van der Waals surface area contributed by atoms with E-state index >= 15 is 0 Å². The molecule has 2 rings (SSSR count). The van der Waals surface area contributed by atoms with E-state index in [0.717, 1.165) is 29.8 Å². The maximum atomic E-state index is 11.0. The van der Waals surface area contributed by atoms with E-state index in [0.29, 0.717) is 11.5 Å². The van der Waals surface area contributed by atoms with Crippen molar-refractivity contribution in [2.45, 2.75) is 26.8 Å². The first-order valence-corrected chi connectivity index (χ1v) is 6.65. The van der Waals surface area contributed by atoms with Crippen LogP contribution in [0, 0.1) is 5.92 Å². The van der Waals surface area contributed by atoms with Crippen molar-refractivity contribution in [3.05, 3.63) is 29.3 Å². The van der Waals surface area contributed by atoms with Crippen LogP contribution in [-0.2, 0) is 6.54 Å². The molecule has 2 heterocycles. The summed E-state index contributed by atoms with van der Waals surface area (Å²) in [7, 11) is 0. The van der Waals surface area contributed by atoms with Crippen molar-refractivity contribution in [3.8, 4) is 10.6 Å². The van der Waals surface area contributed by atoms with E-state index in [2.05, 4.69) is 18.9 Å². The molecule has 90 valence electrons. The topological polar surface area (TPSA) is 34.9 Å². The Bertz CT molecular complexity index is 485. The predicted molar refractivity (Wildman–Crippen MR) is 70.4 cm³/mol. The molecular weight excluding hydrogens is 232 g/mol. The summed E-state index contributed by atoms with van der Waals surface area (Å²) in [6, 6.07) is 3.97. The Morgan fingerprint density at radius 3 is 2.94 bits per heavy atom. The third-order valence-corrected chi connectivity index (χ3v) is 3.48. The quantitative estimate of drug-likeness (QED) is 0.759. The third-order valence-electron chi connectivity index (χ3n) is 2.61. The molecular formula is C13H16N2OS. The molecule has 0 unspecified atom stereocenters. The highest BCUT2D eigenvalue weighted by molar-refractivity contribution is 7.13. The maximum Gasteiger partial charge on any atom is 0.153 e. The lowest BCUT2D eigenvalue weighted by Crippen LogP contribution is -2.01. The molecule has 0 amide bonds. The zero-order valence-electron chi connectivity index (χ0n) is 10.1. The van der Waals surface area contributed by atoms with Gasteiger partial charge in [0.05, 0.1) is 10.4 Å². The monoisotopic (exact) mass is 248 g/mol. The summed E-state index contributed by atoms with van der Waals surface area (Å²) in [5.41, 5.74) is 1.48. The largest absolute Gasteiger partial charge is 0.298 e. The Morgan fingerprint density at radius 2 is 2.35 bits per heavy atom. The van der Waals surface area contributed by atoms with E-state index in [4.69, 9.17) is 0 Å². The zero-order chi connectivity index (χ0) is 12.3. The SMILES string of the molecule is CC(C)CCn1cc(C=O)c(-c2cccs2)n1. The summed E-state index contributed by atoms with van der Waals surface area (Å²) in [4.78, 5) is 12.1. The molecule has 0 saturated carbocycles. The van der Waals surface area contributed by atoms with Crippen LogP contribution in [0.4, 0.5) is 0 Å². The van der Waals surface area contributed by atoms with E-state index in [1.165, 1.54) is 0 Å². The van der Waals surface area contributed by atoms with E-state index in [-0.39, 0.29) is 0 Å². The highest BCUT2D eigenvalue weighted by Crippen LogP contribution is 2.25. The van der Waals surface area contributed by atoms with Crippen molar-refractivity contribution in [2.24, 2.45) is 5.92 Å². The van der Waals surface area contributed by atoms with Crippen molar-refractivity contribution in [3.63, 3.8) is 0 Å². The van der Waals surface area contributed by atoms with Crippen LogP contribution in [-0.4, -0.2) is 16.1 Å². The van der Waals surface area contributed by atoms with Crippen LogP contribution >= 0.6 is 11.3 Å². The molecule has 17 heavy (non-hydrogen) atoms. The second-order valence-electron chi connectivity index (χ2n) is 4.47. The van der Waals surface area contributed by atoms with Gasteiger partial charge in [0.25, 0.3) is 0 Å². The van der Waals surface area contributed by atoms with Crippen LogP contribution in [0.15, 0.2) is 23.7 Å². The number of rotatable bonds is 5. The molecule has 2 aromatic rings. The summed E-state index contributed by atoms with van der Waals surface area (Å²) in [5, 5.41) is 6.49. The summed E-state index contributed by atoms with van der Waals surface area (Å²) < 4.78 is 1.87. The normalized spacial score (nSPS) is 11.0. The highest BCUT2D eigenvalue weighted by Gasteiger charge is 2.11. The predicted octanol–water partition coefficient (Wildman–Crippen LogP) is 3.47. The van der Waals surface area contributed by atoms with Crippen LogP contribution in [0.25, 0.3) is 10.6 Å². The van der Waals surface area contributed by atoms with Gasteiger partial charge in [0.2, 0.25) is 0 Å². The van der Waals surface area contributed by atoms with E-state index < -0.39 is 0 Å². The Labute approximate surface area is 105 Å². The molecule has 0 aromatic carbocycles. The van der Waals surface area contributed by atoms with Gasteiger partial charge in [0.15, 0.2) is 6.29 Å². The summed E-state index contributed by atoms with van der Waals surface area (Å²) in [5.74, 6) is 0.643. The summed E-state index contributed by atoms with van der Waals surface area (Å²) in [6.07, 6.45) is 3.79. The van der Waals surface area contributed by atoms with Crippen molar-refractivity contribution >= 4 is 17.6 Å². The first-order chi connectivity index (χ1) is 8.20. The number of carbonyl (C=O) groups is 1.